The van der Waals surface area contributed by atoms with E-state index in [9.17, 15) is 13.2 Å². The highest BCUT2D eigenvalue weighted by atomic mass is 32.2. The molecule has 0 unspecified atom stereocenters. The minimum atomic E-state index is -3.44. The lowest BCUT2D eigenvalue weighted by Crippen LogP contribution is -2.54. The van der Waals surface area contributed by atoms with Crippen molar-refractivity contribution >= 4 is 32.7 Å². The Hall–Kier alpha value is -1.30. The Morgan fingerprint density at radius 3 is 2.40 bits per heavy atom. The van der Waals surface area contributed by atoms with Crippen molar-refractivity contribution in [2.75, 3.05) is 44.6 Å². The van der Waals surface area contributed by atoms with E-state index >= 15 is 0 Å². The Labute approximate surface area is 152 Å². The van der Waals surface area contributed by atoms with Crippen molar-refractivity contribution in [2.45, 2.75) is 32.6 Å². The third-order valence-electron chi connectivity index (χ3n) is 4.46. The quantitative estimate of drug-likeness (QED) is 0.788. The Morgan fingerprint density at radius 1 is 1.20 bits per heavy atom. The van der Waals surface area contributed by atoms with Gasteiger partial charge in [0.15, 0.2) is 0 Å². The van der Waals surface area contributed by atoms with Gasteiger partial charge in [-0.3, -0.25) is 5.32 Å². The molecule has 140 valence electrons. The second-order valence-electron chi connectivity index (χ2n) is 6.13. The summed E-state index contributed by atoms with van der Waals surface area (Å²) in [5, 5.41) is 12.4. The van der Waals surface area contributed by atoms with Gasteiger partial charge in [0.2, 0.25) is 5.13 Å². The molecule has 0 spiro atoms. The molecule has 1 aromatic heterocycles. The maximum Gasteiger partial charge on any atom is 0.323 e. The van der Waals surface area contributed by atoms with Crippen LogP contribution in [0.4, 0.5) is 9.93 Å². The molecular weight excluding hydrogens is 364 g/mol. The van der Waals surface area contributed by atoms with E-state index in [0.29, 0.717) is 50.3 Å². The summed E-state index contributed by atoms with van der Waals surface area (Å²) in [5.74, 6) is 0.511. The van der Waals surface area contributed by atoms with Crippen molar-refractivity contribution in [3.05, 3.63) is 5.01 Å². The number of rotatable bonds is 6. The van der Waals surface area contributed by atoms with Gasteiger partial charge in [0.1, 0.15) is 5.01 Å². The van der Waals surface area contributed by atoms with E-state index in [0.717, 1.165) is 17.8 Å². The molecule has 2 amide bonds. The number of amides is 2. The number of urea groups is 1. The number of carbonyl (C=O) groups excluding carboxylic acids is 1. The van der Waals surface area contributed by atoms with E-state index in [1.807, 2.05) is 13.8 Å². The fourth-order valence-corrected chi connectivity index (χ4v) is 5.29. The Morgan fingerprint density at radius 2 is 1.84 bits per heavy atom. The lowest BCUT2D eigenvalue weighted by molar-refractivity contribution is 0.181. The van der Waals surface area contributed by atoms with Gasteiger partial charge in [0.25, 0.3) is 10.2 Å². The van der Waals surface area contributed by atoms with Gasteiger partial charge in [-0.1, -0.05) is 25.2 Å². The predicted octanol–water partition coefficient (Wildman–Crippen LogP) is 1.15. The van der Waals surface area contributed by atoms with E-state index in [1.54, 1.807) is 4.90 Å². The van der Waals surface area contributed by atoms with Gasteiger partial charge < -0.3 is 4.90 Å². The van der Waals surface area contributed by atoms with Crippen molar-refractivity contribution in [1.29, 1.82) is 0 Å². The van der Waals surface area contributed by atoms with Crippen LogP contribution in [0.2, 0.25) is 0 Å². The van der Waals surface area contributed by atoms with Crippen LogP contribution in [0.3, 0.4) is 0 Å². The summed E-state index contributed by atoms with van der Waals surface area (Å²) in [6, 6.07) is -0.251. The highest BCUT2D eigenvalue weighted by molar-refractivity contribution is 7.86. The minimum Gasteiger partial charge on any atom is -0.322 e. The van der Waals surface area contributed by atoms with E-state index in [-0.39, 0.29) is 6.03 Å². The fourth-order valence-electron chi connectivity index (χ4n) is 2.79. The number of anilines is 1. The van der Waals surface area contributed by atoms with Gasteiger partial charge in [-0.15, -0.1) is 10.2 Å². The third-order valence-corrected chi connectivity index (χ3v) is 7.65. The normalized spacial score (nSPS) is 19.4. The van der Waals surface area contributed by atoms with Crippen LogP contribution in [0.25, 0.3) is 0 Å². The van der Waals surface area contributed by atoms with E-state index < -0.39 is 10.2 Å². The summed E-state index contributed by atoms with van der Waals surface area (Å²) in [6.07, 6.45) is 2.29. The number of aromatic nitrogens is 2. The lowest BCUT2D eigenvalue weighted by Gasteiger charge is -2.36. The van der Waals surface area contributed by atoms with Crippen molar-refractivity contribution in [1.82, 2.24) is 23.7 Å². The molecule has 11 heteroatoms. The molecule has 9 nitrogen and oxygen atoms in total. The van der Waals surface area contributed by atoms with Gasteiger partial charge in [0.05, 0.1) is 0 Å². The predicted molar refractivity (Wildman–Crippen MR) is 95.9 cm³/mol. The van der Waals surface area contributed by atoms with Crippen LogP contribution < -0.4 is 5.32 Å². The monoisotopic (exact) mass is 388 g/mol. The second kappa shape index (κ2) is 7.52. The molecule has 1 aliphatic carbocycles. The summed E-state index contributed by atoms with van der Waals surface area (Å²) in [7, 11) is -3.44. The molecule has 2 heterocycles. The van der Waals surface area contributed by atoms with Crippen LogP contribution in [0.15, 0.2) is 0 Å². The third kappa shape index (κ3) is 4.10. The number of hydrogen-bond donors (Lipinski definition) is 1. The topological polar surface area (TPSA) is 98.7 Å². The molecule has 2 fully saturated rings. The van der Waals surface area contributed by atoms with Crippen molar-refractivity contribution in [2.24, 2.45) is 0 Å². The molecule has 0 aromatic carbocycles. The van der Waals surface area contributed by atoms with E-state index in [4.69, 9.17) is 0 Å². The van der Waals surface area contributed by atoms with Gasteiger partial charge in [0, 0.05) is 45.2 Å². The number of nitrogens with one attached hydrogen (secondary N) is 1. The van der Waals surface area contributed by atoms with Crippen molar-refractivity contribution in [3.63, 3.8) is 0 Å². The highest BCUT2D eigenvalue weighted by Gasteiger charge is 2.32. The summed E-state index contributed by atoms with van der Waals surface area (Å²) in [4.78, 5) is 14.0. The minimum absolute atomic E-state index is 0.251. The molecule has 1 aliphatic heterocycles. The Balaban J connectivity index is 1.53. The average Bonchev–Trinajstić information content (AvgIpc) is 3.35. The first-order chi connectivity index (χ1) is 12.0. The average molecular weight is 389 g/mol. The summed E-state index contributed by atoms with van der Waals surface area (Å²) >= 11 is 1.42. The first-order valence-corrected chi connectivity index (χ1v) is 10.8. The molecule has 1 aromatic rings. The van der Waals surface area contributed by atoms with E-state index in [2.05, 4.69) is 15.5 Å². The summed E-state index contributed by atoms with van der Waals surface area (Å²) in [5.41, 5.74) is 0. The molecule has 2 aliphatic rings. The van der Waals surface area contributed by atoms with Crippen LogP contribution in [-0.2, 0) is 10.2 Å². The molecule has 0 radical (unpaired) electrons. The fraction of sp³-hybridized carbons (Fsp3) is 0.786. The van der Waals surface area contributed by atoms with Crippen LogP contribution in [0.1, 0.15) is 37.6 Å². The standard InChI is InChI=1S/C14H24N6O3S2/c1-3-19(4-2)25(22,23)20-9-7-18(8-10-20)14(21)15-13-17-16-12(24-13)11-5-6-11/h11H,3-10H2,1-2H3,(H,15,17,21). The van der Waals surface area contributed by atoms with Crippen LogP contribution >= 0.6 is 11.3 Å². The molecule has 1 saturated heterocycles. The molecular formula is C14H24N6O3S2. The highest BCUT2D eigenvalue weighted by Crippen LogP contribution is 2.42. The molecule has 25 heavy (non-hydrogen) atoms. The first-order valence-electron chi connectivity index (χ1n) is 8.60. The number of carbonyl (C=O) groups is 1. The largest absolute Gasteiger partial charge is 0.323 e. The summed E-state index contributed by atoms with van der Waals surface area (Å²) in [6.45, 7) is 5.86. The summed E-state index contributed by atoms with van der Waals surface area (Å²) < 4.78 is 27.9. The zero-order valence-electron chi connectivity index (χ0n) is 14.5. The van der Waals surface area contributed by atoms with E-state index in [1.165, 1.54) is 19.9 Å². The van der Waals surface area contributed by atoms with Gasteiger partial charge in [-0.05, 0) is 12.8 Å². The zero-order valence-corrected chi connectivity index (χ0v) is 16.1. The number of nitrogens with zero attached hydrogens (tertiary/aromatic N) is 5. The maximum absolute atomic E-state index is 12.5. The van der Waals surface area contributed by atoms with Crippen LogP contribution in [0.5, 0.6) is 0 Å². The van der Waals surface area contributed by atoms with Crippen molar-refractivity contribution < 1.29 is 13.2 Å². The maximum atomic E-state index is 12.5. The SMILES string of the molecule is CCN(CC)S(=O)(=O)N1CCN(C(=O)Nc2nnc(C3CC3)s2)CC1. The molecule has 0 bridgehead atoms. The Bertz CT molecular complexity index is 706. The van der Waals surface area contributed by atoms with Crippen molar-refractivity contribution in [3.8, 4) is 0 Å². The van der Waals surface area contributed by atoms with Crippen LogP contribution in [0, 0.1) is 0 Å². The van der Waals surface area contributed by atoms with Gasteiger partial charge in [-0.25, -0.2) is 4.79 Å². The Kier molecular flexibility index (Phi) is 5.56. The molecule has 0 atom stereocenters. The molecule has 1 saturated carbocycles. The number of piperazine rings is 1. The molecule has 3 rings (SSSR count). The smallest absolute Gasteiger partial charge is 0.322 e. The van der Waals surface area contributed by atoms with Crippen LogP contribution in [-0.4, -0.2) is 77.4 Å². The van der Waals surface area contributed by atoms with Gasteiger partial charge >= 0.3 is 6.03 Å². The zero-order chi connectivity index (χ0) is 18.0. The second-order valence-corrected chi connectivity index (χ2v) is 9.07. The molecule has 1 N–H and O–H groups in total. The van der Waals surface area contributed by atoms with Gasteiger partial charge in [-0.2, -0.15) is 17.0 Å². The number of hydrogen-bond acceptors (Lipinski definition) is 6. The lowest BCUT2D eigenvalue weighted by atomic mass is 10.4. The first kappa shape index (κ1) is 18.5.